The minimum atomic E-state index is -0.102. The van der Waals surface area contributed by atoms with E-state index in [0.29, 0.717) is 18.7 Å². The third-order valence-corrected chi connectivity index (χ3v) is 5.52. The monoisotopic (exact) mass is 387 g/mol. The molecule has 3 aromatic rings. The van der Waals surface area contributed by atoms with Gasteiger partial charge in [-0.2, -0.15) is 0 Å². The molecule has 2 amide bonds. The normalized spacial score (nSPS) is 16.9. The summed E-state index contributed by atoms with van der Waals surface area (Å²) in [7, 11) is 1.85. The molecule has 1 atom stereocenters. The van der Waals surface area contributed by atoms with Crippen molar-refractivity contribution in [3.05, 3.63) is 89.7 Å². The maximum Gasteiger partial charge on any atom is 0.271 e. The number of amides is 2. The number of piperazine rings is 1. The first-order valence-corrected chi connectivity index (χ1v) is 9.86. The number of carbonyl (C=O) groups is 2. The Hall–Kier alpha value is -3.34. The van der Waals surface area contributed by atoms with Crippen LogP contribution < -0.4 is 4.90 Å². The van der Waals surface area contributed by atoms with E-state index in [1.165, 1.54) is 0 Å². The summed E-state index contributed by atoms with van der Waals surface area (Å²) in [5.74, 6) is -0.156. The van der Waals surface area contributed by atoms with Crippen molar-refractivity contribution >= 4 is 17.5 Å². The van der Waals surface area contributed by atoms with E-state index in [1.807, 2.05) is 73.6 Å². The quantitative estimate of drug-likeness (QED) is 0.689. The van der Waals surface area contributed by atoms with E-state index < -0.39 is 0 Å². The molecule has 0 spiro atoms. The maximum atomic E-state index is 13.3. The summed E-state index contributed by atoms with van der Waals surface area (Å²) in [6.07, 6.45) is 2.55. The smallest absolute Gasteiger partial charge is 0.271 e. The number of aromatic nitrogens is 1. The Morgan fingerprint density at radius 3 is 2.38 bits per heavy atom. The van der Waals surface area contributed by atoms with E-state index >= 15 is 0 Å². The van der Waals surface area contributed by atoms with Crippen LogP contribution >= 0.6 is 0 Å². The minimum absolute atomic E-state index is 0.0549. The van der Waals surface area contributed by atoms with Gasteiger partial charge < -0.3 is 14.4 Å². The highest BCUT2D eigenvalue weighted by atomic mass is 16.2. The average molecular weight is 387 g/mol. The number of rotatable bonds is 4. The number of nitrogens with zero attached hydrogens (tertiary/aromatic N) is 3. The number of hydrogen-bond acceptors (Lipinski definition) is 2. The van der Waals surface area contributed by atoms with Crippen molar-refractivity contribution in [3.63, 3.8) is 0 Å². The van der Waals surface area contributed by atoms with Crippen molar-refractivity contribution in [3.8, 4) is 0 Å². The van der Waals surface area contributed by atoms with Crippen LogP contribution in [0, 0.1) is 6.92 Å². The highest BCUT2D eigenvalue weighted by Crippen LogP contribution is 2.24. The summed E-state index contributed by atoms with van der Waals surface area (Å²) in [4.78, 5) is 29.8. The minimum Gasteiger partial charge on any atom is -0.347 e. The molecule has 0 bridgehead atoms. The van der Waals surface area contributed by atoms with Gasteiger partial charge in [0.15, 0.2) is 0 Å². The summed E-state index contributed by atoms with van der Waals surface area (Å²) in [6, 6.07) is 21.7. The topological polar surface area (TPSA) is 45.5 Å². The van der Waals surface area contributed by atoms with E-state index in [0.717, 1.165) is 16.8 Å². The highest BCUT2D eigenvalue weighted by molar-refractivity contribution is 6.01. The Bertz CT molecular complexity index is 1010. The first-order valence-electron chi connectivity index (χ1n) is 9.86. The van der Waals surface area contributed by atoms with E-state index in [-0.39, 0.29) is 24.4 Å². The molecule has 1 fully saturated rings. The molecule has 5 heteroatoms. The van der Waals surface area contributed by atoms with Gasteiger partial charge in [-0.25, -0.2) is 0 Å². The molecule has 148 valence electrons. The van der Waals surface area contributed by atoms with Crippen molar-refractivity contribution in [1.29, 1.82) is 0 Å². The second-order valence-corrected chi connectivity index (χ2v) is 7.62. The fourth-order valence-electron chi connectivity index (χ4n) is 3.87. The molecule has 1 aromatic heterocycles. The summed E-state index contributed by atoms with van der Waals surface area (Å²) in [6.45, 7) is 2.59. The van der Waals surface area contributed by atoms with Gasteiger partial charge in [-0.1, -0.05) is 48.0 Å². The van der Waals surface area contributed by atoms with Crippen molar-refractivity contribution in [1.82, 2.24) is 9.47 Å². The van der Waals surface area contributed by atoms with Crippen LogP contribution in [0.15, 0.2) is 72.9 Å². The molecule has 1 aliphatic rings. The molecule has 1 unspecified atom stereocenters. The molecule has 0 aliphatic carbocycles. The van der Waals surface area contributed by atoms with Crippen molar-refractivity contribution in [2.45, 2.75) is 19.4 Å². The lowest BCUT2D eigenvalue weighted by atomic mass is 10.0. The van der Waals surface area contributed by atoms with E-state index in [9.17, 15) is 9.59 Å². The van der Waals surface area contributed by atoms with Gasteiger partial charge in [-0.05, 0) is 43.2 Å². The summed E-state index contributed by atoms with van der Waals surface area (Å²) in [5, 5.41) is 0. The summed E-state index contributed by atoms with van der Waals surface area (Å²) >= 11 is 0. The SMILES string of the molecule is Cc1ccc(N2CC(Cc3ccccc3)N(C(=O)c3cccn3C)CC2=O)cc1. The Morgan fingerprint density at radius 1 is 1.00 bits per heavy atom. The zero-order valence-electron chi connectivity index (χ0n) is 16.8. The Kier molecular flexibility index (Phi) is 5.21. The van der Waals surface area contributed by atoms with Gasteiger partial charge in [-0.15, -0.1) is 0 Å². The largest absolute Gasteiger partial charge is 0.347 e. The second kappa shape index (κ2) is 7.95. The third kappa shape index (κ3) is 3.94. The number of anilines is 1. The number of aryl methyl sites for hydroxylation is 2. The first kappa shape index (κ1) is 19.0. The molecule has 0 radical (unpaired) electrons. The molecule has 29 heavy (non-hydrogen) atoms. The molecule has 5 nitrogen and oxygen atoms in total. The van der Waals surface area contributed by atoms with Gasteiger partial charge in [0.2, 0.25) is 5.91 Å². The van der Waals surface area contributed by atoms with E-state index in [1.54, 1.807) is 15.5 Å². The van der Waals surface area contributed by atoms with Crippen molar-refractivity contribution < 1.29 is 9.59 Å². The van der Waals surface area contributed by atoms with Crippen LogP contribution in [-0.2, 0) is 18.3 Å². The molecule has 2 heterocycles. The van der Waals surface area contributed by atoms with Crippen LogP contribution in [0.2, 0.25) is 0 Å². The molecule has 4 rings (SSSR count). The number of carbonyl (C=O) groups excluding carboxylic acids is 2. The molecule has 1 aliphatic heterocycles. The number of hydrogen-bond donors (Lipinski definition) is 0. The lowest BCUT2D eigenvalue weighted by Crippen LogP contribution is -2.59. The van der Waals surface area contributed by atoms with Crippen molar-refractivity contribution in [2.75, 3.05) is 18.0 Å². The maximum absolute atomic E-state index is 13.3. The van der Waals surface area contributed by atoms with Gasteiger partial charge in [0.05, 0.1) is 6.04 Å². The molecule has 0 saturated carbocycles. The summed E-state index contributed by atoms with van der Waals surface area (Å²) in [5.41, 5.74) is 3.78. The predicted molar refractivity (Wildman–Crippen MR) is 114 cm³/mol. The highest BCUT2D eigenvalue weighted by Gasteiger charge is 2.36. The average Bonchev–Trinajstić information content (AvgIpc) is 3.16. The van der Waals surface area contributed by atoms with Crippen LogP contribution in [0.1, 0.15) is 21.6 Å². The van der Waals surface area contributed by atoms with Gasteiger partial charge >= 0.3 is 0 Å². The van der Waals surface area contributed by atoms with E-state index in [4.69, 9.17) is 0 Å². The second-order valence-electron chi connectivity index (χ2n) is 7.62. The lowest BCUT2D eigenvalue weighted by molar-refractivity contribution is -0.121. The fourth-order valence-corrected chi connectivity index (χ4v) is 3.87. The van der Waals surface area contributed by atoms with Crippen LogP contribution in [0.3, 0.4) is 0 Å². The zero-order chi connectivity index (χ0) is 20.4. The Balaban J connectivity index is 1.65. The molecular weight excluding hydrogens is 362 g/mol. The Labute approximate surface area is 171 Å². The van der Waals surface area contributed by atoms with Gasteiger partial charge in [0.1, 0.15) is 12.2 Å². The van der Waals surface area contributed by atoms with Crippen LogP contribution in [0.5, 0.6) is 0 Å². The van der Waals surface area contributed by atoms with Crippen LogP contribution in [0.4, 0.5) is 5.69 Å². The van der Waals surface area contributed by atoms with Gasteiger partial charge in [-0.3, -0.25) is 9.59 Å². The Morgan fingerprint density at radius 2 is 1.72 bits per heavy atom. The van der Waals surface area contributed by atoms with Crippen LogP contribution in [0.25, 0.3) is 0 Å². The van der Waals surface area contributed by atoms with Gasteiger partial charge in [0.25, 0.3) is 5.91 Å². The first-order chi connectivity index (χ1) is 14.0. The lowest BCUT2D eigenvalue weighted by Gasteiger charge is -2.41. The summed E-state index contributed by atoms with van der Waals surface area (Å²) < 4.78 is 1.80. The fraction of sp³-hybridized carbons (Fsp3) is 0.250. The standard InChI is InChI=1S/C24H25N3O2/c1-18-10-12-20(13-11-18)26-16-21(15-19-7-4-3-5-8-19)27(17-23(26)28)24(29)22-9-6-14-25(22)2/h3-14,21H,15-17H2,1-2H3. The predicted octanol–water partition coefficient (Wildman–Crippen LogP) is 3.43. The molecular formula is C24H25N3O2. The zero-order valence-corrected chi connectivity index (χ0v) is 16.8. The van der Waals surface area contributed by atoms with E-state index in [2.05, 4.69) is 12.1 Å². The van der Waals surface area contributed by atoms with Crippen LogP contribution in [-0.4, -0.2) is 40.4 Å². The molecule has 1 saturated heterocycles. The molecule has 0 N–H and O–H groups in total. The molecule has 2 aromatic carbocycles. The van der Waals surface area contributed by atoms with Gasteiger partial charge in [0, 0.05) is 25.5 Å². The number of benzene rings is 2. The third-order valence-electron chi connectivity index (χ3n) is 5.52. The van der Waals surface area contributed by atoms with Crippen molar-refractivity contribution in [2.24, 2.45) is 7.05 Å².